The first-order chi connectivity index (χ1) is 6.29. The summed E-state index contributed by atoms with van der Waals surface area (Å²) < 4.78 is 1.99. The minimum atomic E-state index is 1.20. The van der Waals surface area contributed by atoms with Crippen molar-refractivity contribution in [2.75, 3.05) is 0 Å². The number of aryl methyl sites for hydroxylation is 2. The van der Waals surface area contributed by atoms with Crippen LogP contribution in [0.5, 0.6) is 0 Å². The van der Waals surface area contributed by atoms with E-state index in [-0.39, 0.29) is 0 Å². The Morgan fingerprint density at radius 3 is 2.46 bits per heavy atom. The molecule has 0 saturated heterocycles. The molecule has 1 heterocycles. The van der Waals surface area contributed by atoms with Gasteiger partial charge in [-0.25, -0.2) is 4.98 Å². The molecule has 0 aliphatic carbocycles. The fourth-order valence-corrected chi connectivity index (χ4v) is 1.56. The van der Waals surface area contributed by atoms with Crippen LogP contribution < -0.4 is 0 Å². The van der Waals surface area contributed by atoms with Crippen molar-refractivity contribution in [3.63, 3.8) is 0 Å². The predicted molar refractivity (Wildman–Crippen MR) is 51.9 cm³/mol. The minimum Gasteiger partial charge on any atom is -0.305 e. The van der Waals surface area contributed by atoms with Crippen molar-refractivity contribution in [3.8, 4) is 5.69 Å². The van der Waals surface area contributed by atoms with E-state index in [4.69, 9.17) is 0 Å². The summed E-state index contributed by atoms with van der Waals surface area (Å²) in [7, 11) is 0. The van der Waals surface area contributed by atoms with E-state index in [1.54, 1.807) is 6.33 Å². The molecule has 0 spiro atoms. The number of hydrogen-bond acceptors (Lipinski definition) is 1. The van der Waals surface area contributed by atoms with E-state index in [0.717, 1.165) is 0 Å². The van der Waals surface area contributed by atoms with Crippen molar-refractivity contribution >= 4 is 0 Å². The molecule has 65 valence electrons. The number of rotatable bonds is 1. The molecule has 0 aliphatic heterocycles. The van der Waals surface area contributed by atoms with Gasteiger partial charge in [-0.2, -0.15) is 0 Å². The first kappa shape index (κ1) is 8.05. The minimum absolute atomic E-state index is 1.20. The summed E-state index contributed by atoms with van der Waals surface area (Å²) in [5.74, 6) is 0. The summed E-state index contributed by atoms with van der Waals surface area (Å²) in [6.45, 7) is 4.20. The van der Waals surface area contributed by atoms with Crippen LogP contribution in [-0.4, -0.2) is 9.55 Å². The zero-order valence-electron chi connectivity index (χ0n) is 7.78. The Morgan fingerprint density at radius 1 is 1.23 bits per heavy atom. The van der Waals surface area contributed by atoms with Gasteiger partial charge in [0.25, 0.3) is 0 Å². The van der Waals surface area contributed by atoms with Gasteiger partial charge in [0.15, 0.2) is 0 Å². The lowest BCUT2D eigenvalue weighted by Crippen LogP contribution is -1.96. The van der Waals surface area contributed by atoms with Crippen molar-refractivity contribution in [2.45, 2.75) is 13.8 Å². The summed E-state index contributed by atoms with van der Waals surface area (Å²) >= 11 is 0. The van der Waals surface area contributed by atoms with Crippen molar-refractivity contribution in [2.24, 2.45) is 0 Å². The van der Waals surface area contributed by atoms with E-state index < -0.39 is 0 Å². The van der Waals surface area contributed by atoms with Crippen molar-refractivity contribution < 1.29 is 0 Å². The van der Waals surface area contributed by atoms with Crippen LogP contribution in [0, 0.1) is 20.0 Å². The Labute approximate surface area is 77.9 Å². The zero-order chi connectivity index (χ0) is 9.26. The average molecular weight is 171 g/mol. The largest absolute Gasteiger partial charge is 0.305 e. The second-order valence-electron chi connectivity index (χ2n) is 3.15. The van der Waals surface area contributed by atoms with Crippen LogP contribution in [0.25, 0.3) is 5.69 Å². The number of para-hydroxylation sites is 1. The fraction of sp³-hybridized carbons (Fsp3) is 0.182. The number of benzene rings is 1. The first-order valence-electron chi connectivity index (χ1n) is 4.25. The molecular weight excluding hydrogens is 160 g/mol. The summed E-state index contributed by atoms with van der Waals surface area (Å²) in [5.41, 5.74) is 3.72. The standard InChI is InChI=1S/C11H11N2/c1-9-4-3-5-10(2)11(9)13-7-6-12-8-13/h3-5,7-8H,1-2H3. The molecule has 2 aromatic rings. The topological polar surface area (TPSA) is 17.8 Å². The first-order valence-corrected chi connectivity index (χ1v) is 4.25. The average Bonchev–Trinajstić information content (AvgIpc) is 2.57. The second-order valence-corrected chi connectivity index (χ2v) is 3.15. The van der Waals surface area contributed by atoms with Gasteiger partial charge in [-0.3, -0.25) is 0 Å². The molecule has 1 aromatic heterocycles. The van der Waals surface area contributed by atoms with Gasteiger partial charge in [-0.1, -0.05) is 18.2 Å². The third kappa shape index (κ3) is 1.35. The molecule has 0 aliphatic rings. The molecule has 0 unspecified atom stereocenters. The maximum Gasteiger partial charge on any atom is 0.109 e. The summed E-state index contributed by atoms with van der Waals surface area (Å²) in [6.07, 6.45) is 6.41. The van der Waals surface area contributed by atoms with E-state index in [1.807, 2.05) is 10.8 Å². The molecule has 2 nitrogen and oxygen atoms in total. The lowest BCUT2D eigenvalue weighted by Gasteiger charge is -2.09. The smallest absolute Gasteiger partial charge is 0.109 e. The van der Waals surface area contributed by atoms with Crippen molar-refractivity contribution in [1.29, 1.82) is 0 Å². The third-order valence-electron chi connectivity index (χ3n) is 2.15. The molecule has 1 aromatic carbocycles. The summed E-state index contributed by atoms with van der Waals surface area (Å²) in [6, 6.07) is 6.26. The van der Waals surface area contributed by atoms with E-state index >= 15 is 0 Å². The lowest BCUT2D eigenvalue weighted by molar-refractivity contribution is 1.02. The highest BCUT2D eigenvalue weighted by molar-refractivity contribution is 5.46. The van der Waals surface area contributed by atoms with Gasteiger partial charge in [-0.05, 0) is 25.0 Å². The Hall–Kier alpha value is -1.57. The van der Waals surface area contributed by atoms with E-state index in [9.17, 15) is 0 Å². The maximum absolute atomic E-state index is 3.92. The number of imidazole rings is 1. The normalized spacial score (nSPS) is 10.3. The Bertz CT molecular complexity index is 382. The molecule has 0 N–H and O–H groups in total. The quantitative estimate of drug-likeness (QED) is 0.643. The van der Waals surface area contributed by atoms with Gasteiger partial charge in [0.2, 0.25) is 0 Å². The van der Waals surface area contributed by atoms with E-state index in [2.05, 4.69) is 43.2 Å². The van der Waals surface area contributed by atoms with Gasteiger partial charge in [-0.15, -0.1) is 0 Å². The Kier molecular flexibility index (Phi) is 1.89. The Morgan fingerprint density at radius 2 is 1.92 bits per heavy atom. The molecule has 0 fully saturated rings. The van der Waals surface area contributed by atoms with Crippen LogP contribution in [0.1, 0.15) is 11.1 Å². The van der Waals surface area contributed by atoms with Gasteiger partial charge in [0.1, 0.15) is 6.20 Å². The molecular formula is C11H11N2. The van der Waals surface area contributed by atoms with Crippen LogP contribution >= 0.6 is 0 Å². The van der Waals surface area contributed by atoms with Crippen LogP contribution in [0.15, 0.2) is 30.7 Å². The van der Waals surface area contributed by atoms with Gasteiger partial charge in [0, 0.05) is 6.20 Å². The fourth-order valence-electron chi connectivity index (χ4n) is 1.56. The number of hydrogen-bond donors (Lipinski definition) is 0. The molecule has 2 rings (SSSR count). The third-order valence-corrected chi connectivity index (χ3v) is 2.15. The second kappa shape index (κ2) is 3.05. The van der Waals surface area contributed by atoms with Crippen LogP contribution in [-0.2, 0) is 0 Å². The summed E-state index contributed by atoms with van der Waals surface area (Å²) in [4.78, 5) is 3.92. The SMILES string of the molecule is Cc1cccc(C)c1-n1c[c]nc1. The predicted octanol–water partition coefficient (Wildman–Crippen LogP) is 2.29. The van der Waals surface area contributed by atoms with Crippen molar-refractivity contribution in [1.82, 2.24) is 9.55 Å². The maximum atomic E-state index is 3.92. The number of nitrogens with zero attached hydrogens (tertiary/aromatic N) is 2. The molecule has 1 radical (unpaired) electrons. The van der Waals surface area contributed by atoms with E-state index in [0.29, 0.717) is 0 Å². The van der Waals surface area contributed by atoms with Gasteiger partial charge < -0.3 is 4.57 Å². The summed E-state index contributed by atoms with van der Waals surface area (Å²) in [5, 5.41) is 0. The number of aromatic nitrogens is 2. The molecule has 2 heteroatoms. The monoisotopic (exact) mass is 171 g/mol. The molecule has 0 bridgehead atoms. The van der Waals surface area contributed by atoms with Gasteiger partial charge in [0.05, 0.1) is 12.0 Å². The van der Waals surface area contributed by atoms with Crippen LogP contribution in [0.3, 0.4) is 0 Å². The van der Waals surface area contributed by atoms with Crippen LogP contribution in [0.4, 0.5) is 0 Å². The highest BCUT2D eigenvalue weighted by atomic mass is 15.0. The highest BCUT2D eigenvalue weighted by Crippen LogP contribution is 2.17. The van der Waals surface area contributed by atoms with Crippen LogP contribution in [0.2, 0.25) is 0 Å². The zero-order valence-corrected chi connectivity index (χ0v) is 7.78. The van der Waals surface area contributed by atoms with E-state index in [1.165, 1.54) is 16.8 Å². The molecule has 0 saturated carbocycles. The molecule has 0 atom stereocenters. The highest BCUT2D eigenvalue weighted by Gasteiger charge is 2.02. The van der Waals surface area contributed by atoms with Gasteiger partial charge >= 0.3 is 0 Å². The van der Waals surface area contributed by atoms with Crippen molar-refractivity contribution in [3.05, 3.63) is 48.0 Å². The molecule has 0 amide bonds. The Balaban J connectivity index is 2.64. The molecule has 13 heavy (non-hydrogen) atoms. The lowest BCUT2D eigenvalue weighted by atomic mass is 10.1.